The highest BCUT2D eigenvalue weighted by Gasteiger charge is 2.38. The van der Waals surface area contributed by atoms with E-state index in [1.54, 1.807) is 7.11 Å². The lowest BCUT2D eigenvalue weighted by Crippen LogP contribution is -2.44. The van der Waals surface area contributed by atoms with E-state index in [1.165, 1.54) is 5.56 Å². The van der Waals surface area contributed by atoms with E-state index in [9.17, 15) is 4.79 Å². The first-order valence-electron chi connectivity index (χ1n) is 6.48. The molecule has 1 saturated heterocycles. The molecular weight excluding hydrogens is 264 g/mol. The van der Waals surface area contributed by atoms with Gasteiger partial charge in [0.1, 0.15) is 5.75 Å². The van der Waals surface area contributed by atoms with Gasteiger partial charge in [-0.25, -0.2) is 0 Å². The van der Waals surface area contributed by atoms with Crippen molar-refractivity contribution in [1.29, 1.82) is 0 Å². The van der Waals surface area contributed by atoms with Gasteiger partial charge in [0.25, 0.3) is 5.91 Å². The summed E-state index contributed by atoms with van der Waals surface area (Å²) >= 11 is 0. The third-order valence-electron chi connectivity index (χ3n) is 3.93. The molecule has 0 bridgehead atoms. The Balaban J connectivity index is 0.00000133. The number of methoxy groups -OCH3 is 1. The van der Waals surface area contributed by atoms with Crippen molar-refractivity contribution in [3.05, 3.63) is 28.8 Å². The van der Waals surface area contributed by atoms with Gasteiger partial charge in [-0.1, -0.05) is 6.92 Å². The first kappa shape index (κ1) is 14.2. The highest BCUT2D eigenvalue weighted by Crippen LogP contribution is 2.38. The minimum Gasteiger partial charge on any atom is -0.496 e. The van der Waals surface area contributed by atoms with Gasteiger partial charge in [-0.3, -0.25) is 4.79 Å². The fourth-order valence-electron chi connectivity index (χ4n) is 2.95. The molecule has 1 atom stereocenters. The molecule has 19 heavy (non-hydrogen) atoms. The third kappa shape index (κ3) is 2.09. The van der Waals surface area contributed by atoms with Crippen LogP contribution in [0.3, 0.4) is 0 Å². The molecule has 1 aromatic rings. The predicted octanol–water partition coefficient (Wildman–Crippen LogP) is 1.78. The fraction of sp³-hybridized carbons (Fsp3) is 0.500. The fourth-order valence-corrected chi connectivity index (χ4v) is 2.95. The second-order valence-corrected chi connectivity index (χ2v) is 4.82. The third-order valence-corrected chi connectivity index (χ3v) is 3.93. The van der Waals surface area contributed by atoms with E-state index in [1.807, 2.05) is 11.0 Å². The van der Waals surface area contributed by atoms with Gasteiger partial charge < -0.3 is 15.0 Å². The molecule has 0 aliphatic carbocycles. The van der Waals surface area contributed by atoms with E-state index in [2.05, 4.69) is 18.3 Å². The van der Waals surface area contributed by atoms with Crippen LogP contribution in [0.15, 0.2) is 12.1 Å². The Morgan fingerprint density at radius 3 is 2.95 bits per heavy atom. The lowest BCUT2D eigenvalue weighted by atomic mass is 9.99. The Kier molecular flexibility index (Phi) is 4.02. The average Bonchev–Trinajstić information content (AvgIpc) is 2.71. The Morgan fingerprint density at radius 1 is 1.47 bits per heavy atom. The SMILES string of the molecule is CCc1cc2c(cc1OC)C(=O)N1CCNC[C@@H]21.Cl. The number of amides is 1. The number of fused-ring (bicyclic) bond motifs is 3. The molecule has 2 heterocycles. The zero-order chi connectivity index (χ0) is 12.7. The molecule has 104 valence electrons. The molecule has 2 aliphatic rings. The topological polar surface area (TPSA) is 41.6 Å². The molecule has 1 N–H and O–H groups in total. The summed E-state index contributed by atoms with van der Waals surface area (Å²) in [4.78, 5) is 14.3. The average molecular weight is 283 g/mol. The van der Waals surface area contributed by atoms with Crippen molar-refractivity contribution in [2.75, 3.05) is 26.7 Å². The van der Waals surface area contributed by atoms with Crippen molar-refractivity contribution < 1.29 is 9.53 Å². The Hall–Kier alpha value is -1.26. The van der Waals surface area contributed by atoms with E-state index >= 15 is 0 Å². The second kappa shape index (κ2) is 5.39. The van der Waals surface area contributed by atoms with Crippen molar-refractivity contribution in [3.8, 4) is 5.75 Å². The number of hydrogen-bond donors (Lipinski definition) is 1. The highest BCUT2D eigenvalue weighted by atomic mass is 35.5. The maximum Gasteiger partial charge on any atom is 0.254 e. The van der Waals surface area contributed by atoms with Gasteiger partial charge in [0.2, 0.25) is 0 Å². The van der Waals surface area contributed by atoms with Gasteiger partial charge in [-0.15, -0.1) is 12.4 Å². The van der Waals surface area contributed by atoms with Gasteiger partial charge >= 0.3 is 0 Å². The number of halogens is 1. The lowest BCUT2D eigenvalue weighted by molar-refractivity contribution is 0.0690. The summed E-state index contributed by atoms with van der Waals surface area (Å²) in [5.41, 5.74) is 3.15. The van der Waals surface area contributed by atoms with Gasteiger partial charge in [0, 0.05) is 25.2 Å². The molecule has 0 unspecified atom stereocenters. The van der Waals surface area contributed by atoms with Crippen molar-refractivity contribution in [2.45, 2.75) is 19.4 Å². The van der Waals surface area contributed by atoms with Crippen LogP contribution in [0.1, 0.15) is 34.5 Å². The van der Waals surface area contributed by atoms with Gasteiger partial charge in [-0.2, -0.15) is 0 Å². The van der Waals surface area contributed by atoms with Crippen LogP contribution >= 0.6 is 12.4 Å². The maximum atomic E-state index is 12.3. The monoisotopic (exact) mass is 282 g/mol. The van der Waals surface area contributed by atoms with Crippen LogP contribution in [0.2, 0.25) is 0 Å². The number of aryl methyl sites for hydroxylation is 1. The molecule has 1 fully saturated rings. The van der Waals surface area contributed by atoms with Gasteiger partial charge in [-0.05, 0) is 29.7 Å². The van der Waals surface area contributed by atoms with E-state index in [0.717, 1.165) is 42.9 Å². The smallest absolute Gasteiger partial charge is 0.254 e. The maximum absolute atomic E-state index is 12.3. The molecule has 2 aliphatic heterocycles. The number of ether oxygens (including phenoxy) is 1. The molecule has 3 rings (SSSR count). The number of carbonyl (C=O) groups is 1. The first-order valence-corrected chi connectivity index (χ1v) is 6.48. The molecule has 5 heteroatoms. The highest BCUT2D eigenvalue weighted by molar-refractivity contribution is 6.00. The number of benzene rings is 1. The molecule has 0 spiro atoms. The summed E-state index contributed by atoms with van der Waals surface area (Å²) in [7, 11) is 1.66. The van der Waals surface area contributed by atoms with E-state index in [4.69, 9.17) is 4.74 Å². The summed E-state index contributed by atoms with van der Waals surface area (Å²) in [6.45, 7) is 4.64. The molecule has 0 aromatic heterocycles. The van der Waals surface area contributed by atoms with Gasteiger partial charge in [0.15, 0.2) is 0 Å². The van der Waals surface area contributed by atoms with Crippen LogP contribution < -0.4 is 10.1 Å². The van der Waals surface area contributed by atoms with Crippen LogP contribution in [0, 0.1) is 0 Å². The van der Waals surface area contributed by atoms with Gasteiger partial charge in [0.05, 0.1) is 13.2 Å². The number of piperazine rings is 1. The summed E-state index contributed by atoms with van der Waals surface area (Å²) in [5, 5.41) is 3.36. The van der Waals surface area contributed by atoms with E-state index in [0.29, 0.717) is 0 Å². The number of nitrogens with zero attached hydrogens (tertiary/aromatic N) is 1. The van der Waals surface area contributed by atoms with Crippen molar-refractivity contribution in [2.24, 2.45) is 0 Å². The predicted molar refractivity (Wildman–Crippen MR) is 76.3 cm³/mol. The first-order chi connectivity index (χ1) is 8.76. The molecule has 1 amide bonds. The Bertz CT molecular complexity index is 504. The van der Waals surface area contributed by atoms with Crippen LogP contribution in [0.4, 0.5) is 0 Å². The summed E-state index contributed by atoms with van der Waals surface area (Å²) in [6.07, 6.45) is 0.921. The van der Waals surface area contributed by atoms with Crippen molar-refractivity contribution in [3.63, 3.8) is 0 Å². The van der Waals surface area contributed by atoms with Crippen LogP contribution in [-0.4, -0.2) is 37.6 Å². The molecular formula is C14H19ClN2O2. The quantitative estimate of drug-likeness (QED) is 0.899. The largest absolute Gasteiger partial charge is 0.496 e. The summed E-state index contributed by atoms with van der Waals surface area (Å²) in [6, 6.07) is 4.26. The number of nitrogens with one attached hydrogen (secondary N) is 1. The van der Waals surface area contributed by atoms with Crippen LogP contribution in [-0.2, 0) is 6.42 Å². The zero-order valence-electron chi connectivity index (χ0n) is 11.2. The molecule has 0 saturated carbocycles. The standard InChI is InChI=1S/C14H18N2O2.ClH/c1-3-9-6-10-11(7-13(9)18-2)14(17)16-5-4-15-8-12(10)16;/h6-7,12,15H,3-5,8H2,1-2H3;1H/t12-;/m0./s1. The van der Waals surface area contributed by atoms with E-state index < -0.39 is 0 Å². The van der Waals surface area contributed by atoms with Crippen LogP contribution in [0.25, 0.3) is 0 Å². The second-order valence-electron chi connectivity index (χ2n) is 4.82. The zero-order valence-corrected chi connectivity index (χ0v) is 12.0. The minimum absolute atomic E-state index is 0. The lowest BCUT2D eigenvalue weighted by Gasteiger charge is -2.30. The minimum atomic E-state index is 0. The molecule has 4 nitrogen and oxygen atoms in total. The summed E-state index contributed by atoms with van der Waals surface area (Å²) in [5.74, 6) is 0.981. The van der Waals surface area contributed by atoms with Crippen molar-refractivity contribution in [1.82, 2.24) is 10.2 Å². The Labute approximate surface area is 119 Å². The van der Waals surface area contributed by atoms with Crippen LogP contribution in [0.5, 0.6) is 5.75 Å². The number of hydrogen-bond acceptors (Lipinski definition) is 3. The number of rotatable bonds is 2. The molecule has 0 radical (unpaired) electrons. The molecule has 1 aromatic carbocycles. The van der Waals surface area contributed by atoms with E-state index in [-0.39, 0.29) is 24.4 Å². The van der Waals surface area contributed by atoms with Crippen molar-refractivity contribution >= 4 is 18.3 Å². The summed E-state index contributed by atoms with van der Waals surface area (Å²) < 4.78 is 5.38. The number of carbonyl (C=O) groups excluding carboxylic acids is 1. The normalized spacial score (nSPS) is 20.6. The Morgan fingerprint density at radius 2 is 2.26 bits per heavy atom.